The maximum absolute atomic E-state index is 12.8. The molecule has 0 bridgehead atoms. The molecule has 2 aliphatic rings. The Balaban J connectivity index is 1.83. The van der Waals surface area contributed by atoms with Crippen LogP contribution < -0.4 is 0 Å². The third kappa shape index (κ3) is 2.87. The Morgan fingerprint density at radius 3 is 2.67 bits per heavy atom. The van der Waals surface area contributed by atoms with E-state index in [2.05, 4.69) is 0 Å². The number of carbonyl (C=O) groups excluding carboxylic acids is 1. The average Bonchev–Trinajstić information content (AvgIpc) is 3.06. The molecular formula is C16H24N2O5S. The highest BCUT2D eigenvalue weighted by Crippen LogP contribution is 2.43. The molecule has 3 rings (SSSR count). The molecule has 8 heteroatoms. The molecule has 134 valence electrons. The number of aliphatic hydroxyl groups is 1. The minimum atomic E-state index is -3.30. The zero-order valence-corrected chi connectivity index (χ0v) is 15.1. The summed E-state index contributed by atoms with van der Waals surface area (Å²) in [5, 5.41) is 9.99. The lowest BCUT2D eigenvalue weighted by atomic mass is 9.74. The van der Waals surface area contributed by atoms with Crippen molar-refractivity contribution >= 4 is 15.9 Å². The van der Waals surface area contributed by atoms with E-state index in [-0.39, 0.29) is 25.0 Å². The summed E-state index contributed by atoms with van der Waals surface area (Å²) in [6.07, 6.45) is 1.88. The van der Waals surface area contributed by atoms with Crippen LogP contribution in [0.5, 0.6) is 0 Å². The normalized spacial score (nSPS) is 28.2. The first-order valence-electron chi connectivity index (χ1n) is 8.08. The molecule has 2 saturated heterocycles. The van der Waals surface area contributed by atoms with Gasteiger partial charge in [0.1, 0.15) is 11.5 Å². The van der Waals surface area contributed by atoms with E-state index in [4.69, 9.17) is 4.42 Å². The number of nitrogens with zero attached hydrogens (tertiary/aromatic N) is 2. The molecule has 1 N–H and O–H groups in total. The number of furan rings is 1. The summed E-state index contributed by atoms with van der Waals surface area (Å²) in [5.41, 5.74) is -0.0408. The molecule has 0 aliphatic carbocycles. The average molecular weight is 356 g/mol. The molecule has 1 aromatic rings. The van der Waals surface area contributed by atoms with E-state index in [1.165, 1.54) is 10.6 Å². The Labute approximate surface area is 142 Å². The van der Waals surface area contributed by atoms with Gasteiger partial charge in [-0.2, -0.15) is 0 Å². The zero-order valence-electron chi connectivity index (χ0n) is 14.3. The minimum Gasteiger partial charge on any atom is -0.466 e. The lowest BCUT2D eigenvalue weighted by Crippen LogP contribution is -2.52. The van der Waals surface area contributed by atoms with E-state index in [9.17, 15) is 18.3 Å². The summed E-state index contributed by atoms with van der Waals surface area (Å²) in [6.45, 7) is 5.04. The van der Waals surface area contributed by atoms with Gasteiger partial charge in [-0.05, 0) is 32.3 Å². The van der Waals surface area contributed by atoms with Crippen LogP contribution in [0.2, 0.25) is 0 Å². The van der Waals surface area contributed by atoms with Crippen molar-refractivity contribution in [1.82, 2.24) is 9.21 Å². The van der Waals surface area contributed by atoms with Gasteiger partial charge in [-0.3, -0.25) is 4.79 Å². The molecule has 0 aromatic carbocycles. The summed E-state index contributed by atoms with van der Waals surface area (Å²) >= 11 is 0. The van der Waals surface area contributed by atoms with Gasteiger partial charge in [0.15, 0.2) is 0 Å². The second-order valence-electron chi connectivity index (χ2n) is 7.12. The van der Waals surface area contributed by atoms with Gasteiger partial charge in [0, 0.05) is 31.6 Å². The summed E-state index contributed by atoms with van der Waals surface area (Å²) in [7, 11) is -3.30. The minimum absolute atomic E-state index is 0.0773. The number of likely N-dealkylation sites (tertiary alicyclic amines) is 1. The van der Waals surface area contributed by atoms with Crippen LogP contribution in [0.1, 0.15) is 28.3 Å². The lowest BCUT2D eigenvalue weighted by Gasteiger charge is -2.43. The summed E-state index contributed by atoms with van der Waals surface area (Å²) in [5.74, 6) is 1.23. The number of rotatable bonds is 3. The van der Waals surface area contributed by atoms with Gasteiger partial charge in [0.25, 0.3) is 5.91 Å². The van der Waals surface area contributed by atoms with Gasteiger partial charge in [-0.25, -0.2) is 12.7 Å². The fraction of sp³-hybridized carbons (Fsp3) is 0.688. The van der Waals surface area contributed by atoms with E-state index in [1.54, 1.807) is 24.8 Å². The first kappa shape index (κ1) is 17.4. The standard InChI is InChI=1S/C16H24N2O5S/c1-11-6-14(12(2)23-11)15(20)17-5-4-13-7-18(24(3,21)22)9-16(13,8-17)10-19/h6,13,19H,4-5,7-10H2,1-3H3/t13-,16+/m1/s1. The monoisotopic (exact) mass is 356 g/mol. The lowest BCUT2D eigenvalue weighted by molar-refractivity contribution is 0.0128. The van der Waals surface area contributed by atoms with Gasteiger partial charge in [0.05, 0.1) is 18.4 Å². The van der Waals surface area contributed by atoms with Crippen LogP contribution in [0, 0.1) is 25.2 Å². The molecule has 0 radical (unpaired) electrons. The number of amides is 1. The molecule has 3 heterocycles. The summed E-state index contributed by atoms with van der Waals surface area (Å²) in [4.78, 5) is 14.5. The predicted molar refractivity (Wildman–Crippen MR) is 88.1 cm³/mol. The van der Waals surface area contributed by atoms with E-state index < -0.39 is 15.4 Å². The van der Waals surface area contributed by atoms with Crippen molar-refractivity contribution in [2.24, 2.45) is 11.3 Å². The van der Waals surface area contributed by atoms with Crippen LogP contribution >= 0.6 is 0 Å². The van der Waals surface area contributed by atoms with Gasteiger partial charge < -0.3 is 14.4 Å². The topological polar surface area (TPSA) is 91.1 Å². The zero-order chi connectivity index (χ0) is 17.7. The fourth-order valence-corrected chi connectivity index (χ4v) is 4.94. The molecule has 0 spiro atoms. The van der Waals surface area contributed by atoms with Gasteiger partial charge in [-0.1, -0.05) is 0 Å². The quantitative estimate of drug-likeness (QED) is 0.857. The van der Waals surface area contributed by atoms with Gasteiger partial charge in [-0.15, -0.1) is 0 Å². The van der Waals surface area contributed by atoms with Gasteiger partial charge >= 0.3 is 0 Å². The molecule has 1 amide bonds. The number of hydrogen-bond donors (Lipinski definition) is 1. The molecule has 7 nitrogen and oxygen atoms in total. The van der Waals surface area contributed by atoms with Crippen LogP contribution in [0.4, 0.5) is 0 Å². The van der Waals surface area contributed by atoms with Crippen molar-refractivity contribution in [2.45, 2.75) is 20.3 Å². The summed E-state index contributed by atoms with van der Waals surface area (Å²) < 4.78 is 30.6. The van der Waals surface area contributed by atoms with Crippen LogP contribution in [-0.2, 0) is 10.0 Å². The van der Waals surface area contributed by atoms with E-state index in [0.29, 0.717) is 43.1 Å². The van der Waals surface area contributed by atoms with E-state index in [1.807, 2.05) is 0 Å². The van der Waals surface area contributed by atoms with Crippen LogP contribution in [0.25, 0.3) is 0 Å². The second-order valence-corrected chi connectivity index (χ2v) is 9.10. The molecule has 2 aliphatic heterocycles. The highest BCUT2D eigenvalue weighted by molar-refractivity contribution is 7.88. The van der Waals surface area contributed by atoms with Crippen molar-refractivity contribution in [3.05, 3.63) is 23.2 Å². The molecular weight excluding hydrogens is 332 g/mol. The predicted octanol–water partition coefficient (Wildman–Crippen LogP) is 0.612. The Morgan fingerprint density at radius 1 is 1.42 bits per heavy atom. The van der Waals surface area contributed by atoms with Crippen LogP contribution in [-0.4, -0.2) is 67.7 Å². The van der Waals surface area contributed by atoms with Crippen molar-refractivity contribution in [1.29, 1.82) is 0 Å². The first-order valence-corrected chi connectivity index (χ1v) is 9.93. The number of carbonyl (C=O) groups is 1. The molecule has 24 heavy (non-hydrogen) atoms. The highest BCUT2D eigenvalue weighted by atomic mass is 32.2. The third-order valence-corrected chi connectivity index (χ3v) is 6.59. The number of sulfonamides is 1. The number of piperidine rings is 1. The molecule has 0 unspecified atom stereocenters. The van der Waals surface area contributed by atoms with E-state index in [0.717, 1.165) is 0 Å². The van der Waals surface area contributed by atoms with Gasteiger partial charge in [0.2, 0.25) is 10.0 Å². The van der Waals surface area contributed by atoms with Crippen molar-refractivity contribution < 1.29 is 22.7 Å². The molecule has 2 fully saturated rings. The maximum atomic E-state index is 12.8. The molecule has 0 saturated carbocycles. The Hall–Kier alpha value is -1.38. The largest absolute Gasteiger partial charge is 0.466 e. The molecule has 2 atom stereocenters. The van der Waals surface area contributed by atoms with Crippen LogP contribution in [0.3, 0.4) is 0 Å². The number of aryl methyl sites for hydroxylation is 2. The Morgan fingerprint density at radius 2 is 2.12 bits per heavy atom. The second kappa shape index (κ2) is 5.86. The highest BCUT2D eigenvalue weighted by Gasteiger charge is 2.52. The SMILES string of the molecule is Cc1cc(C(=O)N2CC[C@@H]3CN(S(C)(=O)=O)C[C@]3(CO)C2)c(C)o1. The number of hydrogen-bond acceptors (Lipinski definition) is 5. The smallest absolute Gasteiger partial charge is 0.257 e. The Kier molecular flexibility index (Phi) is 4.26. The fourth-order valence-electron chi connectivity index (χ4n) is 4.00. The first-order chi connectivity index (χ1) is 11.2. The maximum Gasteiger partial charge on any atom is 0.257 e. The van der Waals surface area contributed by atoms with Crippen molar-refractivity contribution in [3.8, 4) is 0 Å². The van der Waals surface area contributed by atoms with Crippen molar-refractivity contribution in [3.63, 3.8) is 0 Å². The summed E-state index contributed by atoms with van der Waals surface area (Å²) in [6, 6.07) is 1.73. The number of fused-ring (bicyclic) bond motifs is 1. The van der Waals surface area contributed by atoms with E-state index >= 15 is 0 Å². The number of aliphatic hydroxyl groups excluding tert-OH is 1. The van der Waals surface area contributed by atoms with Crippen molar-refractivity contribution in [2.75, 3.05) is 39.0 Å². The Bertz CT molecular complexity index is 757. The van der Waals surface area contributed by atoms with Crippen LogP contribution in [0.15, 0.2) is 10.5 Å². The molecule has 1 aromatic heterocycles. The third-order valence-electron chi connectivity index (χ3n) is 5.38.